The van der Waals surface area contributed by atoms with Crippen molar-refractivity contribution in [2.45, 2.75) is 17.7 Å². The molecule has 0 unspecified atom stereocenters. The number of nitrogens with zero attached hydrogens (tertiary/aromatic N) is 4. The second kappa shape index (κ2) is 6.48. The van der Waals surface area contributed by atoms with Gasteiger partial charge in [0.05, 0.1) is 32.9 Å². The van der Waals surface area contributed by atoms with Crippen LogP contribution in [0.1, 0.15) is 17.0 Å². The fourth-order valence-corrected chi connectivity index (χ4v) is 5.01. The first kappa shape index (κ1) is 17.0. The number of aromatic amines is 1. The average Bonchev–Trinajstić information content (AvgIpc) is 3.31. The van der Waals surface area contributed by atoms with Gasteiger partial charge in [-0.15, -0.1) is 11.3 Å². The van der Waals surface area contributed by atoms with Crippen molar-refractivity contribution in [1.82, 2.24) is 19.4 Å². The lowest BCUT2D eigenvalue weighted by atomic mass is 10.2. The Hall–Kier alpha value is -3.15. The number of thiophene rings is 1. The topological polar surface area (TPSA) is 86.8 Å². The fraction of sp³-hybridized carbons (Fsp3) is 0.100. The molecule has 8 heteroatoms. The molecule has 136 valence electrons. The Morgan fingerprint density at radius 1 is 1.25 bits per heavy atom. The molecule has 0 atom stereocenters. The maximum atomic E-state index is 12.2. The van der Waals surface area contributed by atoms with Crippen molar-refractivity contribution in [3.8, 4) is 6.07 Å². The van der Waals surface area contributed by atoms with Crippen LogP contribution >= 0.6 is 23.1 Å². The minimum absolute atomic E-state index is 0.107. The molecular weight excluding hydrogens is 390 g/mol. The van der Waals surface area contributed by atoms with Gasteiger partial charge in [0.15, 0.2) is 5.65 Å². The fourth-order valence-electron chi connectivity index (χ4n) is 3.29. The van der Waals surface area contributed by atoms with Crippen LogP contribution in [0.4, 0.5) is 0 Å². The van der Waals surface area contributed by atoms with Crippen LogP contribution in [-0.2, 0) is 5.75 Å². The molecule has 0 saturated carbocycles. The van der Waals surface area contributed by atoms with Crippen molar-refractivity contribution in [3.05, 3.63) is 69.1 Å². The number of fused-ring (bicyclic) bond motifs is 4. The highest BCUT2D eigenvalue weighted by Gasteiger charge is 2.16. The Kier molecular flexibility index (Phi) is 3.93. The van der Waals surface area contributed by atoms with Gasteiger partial charge in [-0.3, -0.25) is 9.20 Å². The molecule has 0 radical (unpaired) electrons. The number of hydrogen-bond donors (Lipinski definition) is 1. The zero-order valence-electron chi connectivity index (χ0n) is 14.8. The number of pyridine rings is 1. The maximum Gasteiger partial charge on any atom is 0.268 e. The molecule has 5 rings (SSSR count). The van der Waals surface area contributed by atoms with Crippen molar-refractivity contribution in [2.75, 3.05) is 0 Å². The first-order valence-corrected chi connectivity index (χ1v) is 10.4. The molecule has 0 aliphatic heterocycles. The van der Waals surface area contributed by atoms with Crippen molar-refractivity contribution < 1.29 is 0 Å². The molecule has 0 aliphatic carbocycles. The monoisotopic (exact) mass is 403 g/mol. The van der Waals surface area contributed by atoms with Crippen LogP contribution in [0.5, 0.6) is 0 Å². The van der Waals surface area contributed by atoms with Crippen LogP contribution in [-0.4, -0.2) is 19.4 Å². The molecule has 0 fully saturated rings. The van der Waals surface area contributed by atoms with Gasteiger partial charge in [0.1, 0.15) is 16.6 Å². The Bertz CT molecular complexity index is 1470. The lowest BCUT2D eigenvalue weighted by Crippen LogP contribution is -2.09. The van der Waals surface area contributed by atoms with Gasteiger partial charge < -0.3 is 4.98 Å². The first-order chi connectivity index (χ1) is 13.7. The number of thioether (sulfide) groups is 1. The molecule has 4 aromatic heterocycles. The third kappa shape index (κ3) is 2.59. The molecule has 5 aromatic rings. The number of para-hydroxylation sites is 2. The highest BCUT2D eigenvalue weighted by atomic mass is 32.2. The second-order valence-electron chi connectivity index (χ2n) is 6.35. The molecule has 28 heavy (non-hydrogen) atoms. The van der Waals surface area contributed by atoms with Crippen LogP contribution in [0, 0.1) is 18.3 Å². The van der Waals surface area contributed by atoms with Crippen LogP contribution in [0.3, 0.4) is 0 Å². The van der Waals surface area contributed by atoms with E-state index in [4.69, 9.17) is 0 Å². The normalized spacial score (nSPS) is 11.4. The van der Waals surface area contributed by atoms with E-state index in [0.717, 1.165) is 27.1 Å². The van der Waals surface area contributed by atoms with E-state index < -0.39 is 0 Å². The molecule has 0 saturated heterocycles. The Morgan fingerprint density at radius 2 is 2.11 bits per heavy atom. The summed E-state index contributed by atoms with van der Waals surface area (Å²) < 4.78 is 2.65. The molecule has 6 nitrogen and oxygen atoms in total. The summed E-state index contributed by atoms with van der Waals surface area (Å²) in [6.45, 7) is 1.92. The van der Waals surface area contributed by atoms with Gasteiger partial charge in [0.2, 0.25) is 0 Å². The summed E-state index contributed by atoms with van der Waals surface area (Å²) in [4.78, 5) is 24.3. The number of benzene rings is 1. The van der Waals surface area contributed by atoms with E-state index in [1.54, 1.807) is 11.8 Å². The van der Waals surface area contributed by atoms with Crippen LogP contribution in [0.15, 0.2) is 51.6 Å². The number of H-pyrrole nitrogens is 1. The summed E-state index contributed by atoms with van der Waals surface area (Å²) in [6, 6.07) is 14.0. The summed E-state index contributed by atoms with van der Waals surface area (Å²) in [6.07, 6.45) is 0. The zero-order chi connectivity index (χ0) is 19.3. The van der Waals surface area contributed by atoms with Crippen LogP contribution in [0.25, 0.3) is 26.9 Å². The molecular formula is C20H13N5OS2. The first-order valence-electron chi connectivity index (χ1n) is 8.56. The van der Waals surface area contributed by atoms with E-state index in [1.165, 1.54) is 11.3 Å². The minimum Gasteiger partial charge on any atom is -0.309 e. The van der Waals surface area contributed by atoms with Crippen LogP contribution < -0.4 is 5.56 Å². The third-order valence-corrected chi connectivity index (χ3v) is 6.49. The SMILES string of the molecule is Cc1cc(SCc2nc3ccsc3c(=O)[nH]2)n2c(nc3ccccc32)c1C#N. The van der Waals surface area contributed by atoms with Crippen molar-refractivity contribution in [1.29, 1.82) is 5.26 Å². The predicted molar refractivity (Wildman–Crippen MR) is 112 cm³/mol. The maximum absolute atomic E-state index is 12.2. The highest BCUT2D eigenvalue weighted by Crippen LogP contribution is 2.30. The van der Waals surface area contributed by atoms with Gasteiger partial charge in [0, 0.05) is 0 Å². The predicted octanol–water partition coefficient (Wildman–Crippen LogP) is 4.26. The number of hydrogen-bond acceptors (Lipinski definition) is 6. The highest BCUT2D eigenvalue weighted by molar-refractivity contribution is 7.98. The van der Waals surface area contributed by atoms with E-state index in [0.29, 0.717) is 27.5 Å². The van der Waals surface area contributed by atoms with E-state index in [-0.39, 0.29) is 5.56 Å². The Morgan fingerprint density at radius 3 is 2.96 bits per heavy atom. The number of aromatic nitrogens is 4. The van der Waals surface area contributed by atoms with Gasteiger partial charge in [-0.25, -0.2) is 9.97 Å². The molecule has 0 aliphatic rings. The average molecular weight is 403 g/mol. The molecule has 1 aromatic carbocycles. The van der Waals surface area contributed by atoms with E-state index in [9.17, 15) is 10.1 Å². The van der Waals surface area contributed by atoms with E-state index in [2.05, 4.69) is 21.0 Å². The standard InChI is InChI=1S/C20H13N5OS2/c1-11-8-17(28-10-16-22-14-6-7-27-18(14)20(26)24-16)25-15-5-3-2-4-13(15)23-19(25)12(11)9-21/h2-8H,10H2,1H3,(H,22,24,26). The van der Waals surface area contributed by atoms with Crippen LogP contribution in [0.2, 0.25) is 0 Å². The summed E-state index contributed by atoms with van der Waals surface area (Å²) in [5, 5.41) is 12.4. The number of nitriles is 1. The van der Waals surface area contributed by atoms with Gasteiger partial charge in [-0.1, -0.05) is 23.9 Å². The molecule has 0 bridgehead atoms. The van der Waals surface area contributed by atoms with Gasteiger partial charge in [-0.2, -0.15) is 5.26 Å². The lowest BCUT2D eigenvalue weighted by molar-refractivity contribution is 1.01. The second-order valence-corrected chi connectivity index (χ2v) is 8.26. The quantitative estimate of drug-likeness (QED) is 0.455. The number of imidazole rings is 1. The Balaban J connectivity index is 1.64. The van der Waals surface area contributed by atoms with Crippen molar-refractivity contribution in [2.24, 2.45) is 0 Å². The van der Waals surface area contributed by atoms with Crippen molar-refractivity contribution in [3.63, 3.8) is 0 Å². The lowest BCUT2D eigenvalue weighted by Gasteiger charge is -2.09. The van der Waals surface area contributed by atoms with Gasteiger partial charge >= 0.3 is 0 Å². The largest absolute Gasteiger partial charge is 0.309 e. The summed E-state index contributed by atoms with van der Waals surface area (Å²) in [5.41, 5.74) is 4.52. The molecule has 0 amide bonds. The zero-order valence-corrected chi connectivity index (χ0v) is 16.4. The molecule has 1 N–H and O–H groups in total. The number of aryl methyl sites for hydroxylation is 1. The Labute approximate surface area is 167 Å². The van der Waals surface area contributed by atoms with E-state index in [1.807, 2.05) is 53.1 Å². The van der Waals surface area contributed by atoms with Gasteiger partial charge in [-0.05, 0) is 42.1 Å². The minimum atomic E-state index is -0.107. The van der Waals surface area contributed by atoms with Gasteiger partial charge in [0.25, 0.3) is 5.56 Å². The summed E-state index contributed by atoms with van der Waals surface area (Å²) in [5.74, 6) is 1.13. The molecule has 4 heterocycles. The number of rotatable bonds is 3. The van der Waals surface area contributed by atoms with Crippen molar-refractivity contribution >= 4 is 50.0 Å². The smallest absolute Gasteiger partial charge is 0.268 e. The third-order valence-electron chi connectivity index (χ3n) is 4.57. The number of nitrogens with one attached hydrogen (secondary N) is 1. The summed E-state index contributed by atoms with van der Waals surface area (Å²) in [7, 11) is 0. The molecule has 0 spiro atoms. The van der Waals surface area contributed by atoms with E-state index >= 15 is 0 Å². The summed E-state index contributed by atoms with van der Waals surface area (Å²) >= 11 is 2.95.